The lowest BCUT2D eigenvalue weighted by Gasteiger charge is -2.31. The minimum atomic E-state index is -0.316. The highest BCUT2D eigenvalue weighted by Gasteiger charge is 2.25. The second-order valence-corrected chi connectivity index (χ2v) is 9.71. The summed E-state index contributed by atoms with van der Waals surface area (Å²) >= 11 is 0. The molecular formula is C30H36N8O2. The number of ether oxygens (including phenoxy) is 1. The molecule has 1 fully saturated rings. The maximum Gasteiger partial charge on any atom is 0.263 e. The number of tetrazole rings is 1. The van der Waals surface area contributed by atoms with E-state index in [1.165, 1.54) is 27.3 Å². The Balaban J connectivity index is 1.28. The zero-order chi connectivity index (χ0) is 27.7. The third-order valence-electron chi connectivity index (χ3n) is 7.14. The van der Waals surface area contributed by atoms with Gasteiger partial charge in [0.1, 0.15) is 6.54 Å². The number of benzene rings is 2. The molecule has 0 radical (unpaired) electrons. The number of hydrazone groups is 1. The van der Waals surface area contributed by atoms with Gasteiger partial charge in [0.25, 0.3) is 5.91 Å². The van der Waals surface area contributed by atoms with Gasteiger partial charge in [0, 0.05) is 43.1 Å². The van der Waals surface area contributed by atoms with E-state index in [2.05, 4.69) is 79.9 Å². The first-order chi connectivity index (χ1) is 19.6. The third-order valence-corrected chi connectivity index (χ3v) is 7.14. The lowest BCUT2D eigenvalue weighted by molar-refractivity contribution is -0.122. The Bertz CT molecular complexity index is 1370. The predicted octanol–water partition coefficient (Wildman–Crippen LogP) is 3.75. The fraction of sp³-hybridized carbons (Fsp3) is 0.367. The van der Waals surface area contributed by atoms with Crippen LogP contribution in [0.15, 0.2) is 76.5 Å². The van der Waals surface area contributed by atoms with Crippen molar-refractivity contribution in [3.8, 4) is 11.4 Å². The minimum absolute atomic E-state index is 0.0683. The van der Waals surface area contributed by atoms with Crippen LogP contribution in [0.2, 0.25) is 0 Å². The molecule has 2 heterocycles. The lowest BCUT2D eigenvalue weighted by Crippen LogP contribution is -2.36. The van der Waals surface area contributed by atoms with Crippen LogP contribution in [0.3, 0.4) is 0 Å². The summed E-state index contributed by atoms with van der Waals surface area (Å²) in [7, 11) is 0. The Morgan fingerprint density at radius 1 is 1.05 bits per heavy atom. The first-order valence-corrected chi connectivity index (χ1v) is 13.9. The lowest BCUT2D eigenvalue weighted by atomic mass is 10.1. The van der Waals surface area contributed by atoms with Crippen LogP contribution in [-0.2, 0) is 16.1 Å². The quantitative estimate of drug-likeness (QED) is 0.309. The van der Waals surface area contributed by atoms with Crippen LogP contribution >= 0.6 is 0 Å². The van der Waals surface area contributed by atoms with Crippen molar-refractivity contribution >= 4 is 23.9 Å². The molecule has 10 heteroatoms. The van der Waals surface area contributed by atoms with Gasteiger partial charge in [-0.1, -0.05) is 42.5 Å². The molecule has 1 aromatic heterocycles. The highest BCUT2D eigenvalue weighted by molar-refractivity contribution is 5.85. The number of morpholine rings is 1. The molecule has 208 valence electrons. The van der Waals surface area contributed by atoms with Crippen LogP contribution < -0.4 is 10.3 Å². The number of rotatable bonds is 10. The molecule has 0 unspecified atom stereocenters. The Labute approximate surface area is 235 Å². The number of hydrogen-bond acceptors (Lipinski definition) is 8. The van der Waals surface area contributed by atoms with Crippen molar-refractivity contribution in [1.82, 2.24) is 30.5 Å². The van der Waals surface area contributed by atoms with Gasteiger partial charge in [0.05, 0.1) is 19.4 Å². The van der Waals surface area contributed by atoms with Crippen molar-refractivity contribution in [2.24, 2.45) is 5.10 Å². The number of hydrogen-bond donors (Lipinski definition) is 1. The molecule has 1 saturated heterocycles. The molecular weight excluding hydrogens is 504 g/mol. The maximum absolute atomic E-state index is 12.5. The molecule has 0 saturated carbocycles. The van der Waals surface area contributed by atoms with Gasteiger partial charge in [-0.2, -0.15) is 9.90 Å². The average Bonchev–Trinajstić information content (AvgIpc) is 3.62. The van der Waals surface area contributed by atoms with Crippen LogP contribution in [0.1, 0.15) is 32.3 Å². The normalized spacial score (nSPS) is 16.8. The average molecular weight is 541 g/mol. The van der Waals surface area contributed by atoms with E-state index in [-0.39, 0.29) is 12.5 Å². The fourth-order valence-electron chi connectivity index (χ4n) is 5.10. The highest BCUT2D eigenvalue weighted by Crippen LogP contribution is 2.35. The van der Waals surface area contributed by atoms with Gasteiger partial charge in [0.2, 0.25) is 5.82 Å². The summed E-state index contributed by atoms with van der Waals surface area (Å²) in [5, 5.41) is 16.6. The fourth-order valence-corrected chi connectivity index (χ4v) is 5.10. The molecule has 2 aromatic carbocycles. The zero-order valence-electron chi connectivity index (χ0n) is 23.2. The number of anilines is 1. The SMILES string of the molecule is CCN(CC)c1ccc(/C=C2\CCC(/C=N\NC(=O)Cn3nnc(-c4ccccc4)n3)=C2N2CCOCC2)cc1. The van der Waals surface area contributed by atoms with Gasteiger partial charge < -0.3 is 14.5 Å². The number of carbonyl (C=O) groups excluding carboxylic acids is 1. The first kappa shape index (κ1) is 27.3. The summed E-state index contributed by atoms with van der Waals surface area (Å²) in [6, 6.07) is 18.3. The predicted molar refractivity (Wildman–Crippen MR) is 157 cm³/mol. The van der Waals surface area contributed by atoms with Crippen molar-refractivity contribution < 1.29 is 9.53 Å². The summed E-state index contributed by atoms with van der Waals surface area (Å²) < 4.78 is 5.61. The summed E-state index contributed by atoms with van der Waals surface area (Å²) in [5.41, 5.74) is 9.48. The molecule has 3 aromatic rings. The second-order valence-electron chi connectivity index (χ2n) is 9.71. The molecule has 1 amide bonds. The first-order valence-electron chi connectivity index (χ1n) is 13.9. The monoisotopic (exact) mass is 540 g/mol. The van der Waals surface area contributed by atoms with Gasteiger partial charge in [-0.25, -0.2) is 5.43 Å². The molecule has 1 aliphatic heterocycles. The Kier molecular flexibility index (Phi) is 8.97. The van der Waals surface area contributed by atoms with Crippen LogP contribution in [0.25, 0.3) is 17.5 Å². The zero-order valence-corrected chi connectivity index (χ0v) is 23.2. The van der Waals surface area contributed by atoms with Gasteiger partial charge in [0.15, 0.2) is 0 Å². The van der Waals surface area contributed by atoms with Crippen LogP contribution in [0, 0.1) is 0 Å². The van der Waals surface area contributed by atoms with Crippen molar-refractivity contribution in [2.75, 3.05) is 44.3 Å². The third kappa shape index (κ3) is 6.63. The van der Waals surface area contributed by atoms with E-state index in [0.717, 1.165) is 50.2 Å². The molecule has 1 aliphatic carbocycles. The van der Waals surface area contributed by atoms with E-state index < -0.39 is 0 Å². The number of nitrogens with zero attached hydrogens (tertiary/aromatic N) is 7. The standard InChI is InChI=1S/C30H36N8O2/c1-3-36(4-2)27-14-10-23(11-15-27)20-25-12-13-26(29(25)37-16-18-40-19-17-37)21-31-32-28(39)22-38-34-30(33-35-38)24-8-6-5-7-9-24/h5-11,14-15,20-21H,3-4,12-13,16-19,22H2,1-2H3,(H,32,39)/b25-20+,31-21-. The minimum Gasteiger partial charge on any atom is -0.378 e. The molecule has 40 heavy (non-hydrogen) atoms. The number of carbonyl (C=O) groups is 1. The number of nitrogens with one attached hydrogen (secondary N) is 1. The van der Waals surface area contributed by atoms with Crippen molar-refractivity contribution in [2.45, 2.75) is 33.2 Å². The molecule has 2 aliphatic rings. The number of allylic oxidation sites excluding steroid dienone is 2. The van der Waals surface area contributed by atoms with Gasteiger partial charge in [-0.15, -0.1) is 10.2 Å². The van der Waals surface area contributed by atoms with Gasteiger partial charge >= 0.3 is 0 Å². The van der Waals surface area contributed by atoms with E-state index >= 15 is 0 Å². The van der Waals surface area contributed by atoms with Crippen LogP contribution in [0.5, 0.6) is 0 Å². The van der Waals surface area contributed by atoms with E-state index in [1.54, 1.807) is 6.21 Å². The van der Waals surface area contributed by atoms with Crippen molar-refractivity contribution in [3.63, 3.8) is 0 Å². The topological polar surface area (TPSA) is 101 Å². The van der Waals surface area contributed by atoms with Gasteiger partial charge in [-0.05, 0) is 66.8 Å². The molecule has 1 N–H and O–H groups in total. The largest absolute Gasteiger partial charge is 0.378 e. The number of aromatic nitrogens is 4. The van der Waals surface area contributed by atoms with E-state index in [1.807, 2.05) is 30.3 Å². The summed E-state index contributed by atoms with van der Waals surface area (Å²) in [4.78, 5) is 18.5. The summed E-state index contributed by atoms with van der Waals surface area (Å²) in [6.45, 7) is 9.33. The second kappa shape index (κ2) is 13.2. The number of amides is 1. The van der Waals surface area contributed by atoms with Crippen molar-refractivity contribution in [1.29, 1.82) is 0 Å². The highest BCUT2D eigenvalue weighted by atomic mass is 16.5. The Hall–Kier alpha value is -4.31. The van der Waals surface area contributed by atoms with E-state index in [4.69, 9.17) is 4.74 Å². The smallest absolute Gasteiger partial charge is 0.263 e. The van der Waals surface area contributed by atoms with E-state index in [9.17, 15) is 4.79 Å². The summed E-state index contributed by atoms with van der Waals surface area (Å²) in [5.74, 6) is 0.161. The Morgan fingerprint density at radius 3 is 2.52 bits per heavy atom. The molecule has 5 rings (SSSR count). The maximum atomic E-state index is 12.5. The van der Waals surface area contributed by atoms with Gasteiger partial charge in [-0.3, -0.25) is 4.79 Å². The molecule has 0 spiro atoms. The molecule has 0 bridgehead atoms. The van der Waals surface area contributed by atoms with Crippen LogP contribution in [-0.4, -0.2) is 76.6 Å². The van der Waals surface area contributed by atoms with Crippen molar-refractivity contribution in [3.05, 3.63) is 77.0 Å². The molecule has 10 nitrogen and oxygen atoms in total. The van der Waals surface area contributed by atoms with E-state index in [0.29, 0.717) is 19.0 Å². The summed E-state index contributed by atoms with van der Waals surface area (Å²) in [6.07, 6.45) is 5.83. The Morgan fingerprint density at radius 2 is 1.80 bits per heavy atom. The van der Waals surface area contributed by atoms with Crippen LogP contribution in [0.4, 0.5) is 5.69 Å². The molecule has 0 atom stereocenters.